The molecule has 0 spiro atoms. The van der Waals surface area contributed by atoms with Crippen LogP contribution in [0.1, 0.15) is 33.6 Å². The molecule has 132 valence electrons. The number of hydrogen-bond donors (Lipinski definition) is 1. The summed E-state index contributed by atoms with van der Waals surface area (Å²) in [6, 6.07) is 5.88. The average Bonchev–Trinajstić information content (AvgIpc) is 2.98. The predicted molar refractivity (Wildman–Crippen MR) is 92.8 cm³/mol. The van der Waals surface area contributed by atoms with Gasteiger partial charge in [-0.1, -0.05) is 12.1 Å². The van der Waals surface area contributed by atoms with Crippen molar-refractivity contribution in [2.75, 3.05) is 19.0 Å². The normalized spacial score (nSPS) is 13.0. The minimum absolute atomic E-state index is 0.0105. The Kier molecular flexibility index (Phi) is 5.33. The van der Waals surface area contributed by atoms with Crippen LogP contribution < -0.4 is 10.1 Å². The summed E-state index contributed by atoms with van der Waals surface area (Å²) < 4.78 is 23.6. The van der Waals surface area contributed by atoms with E-state index in [-0.39, 0.29) is 12.4 Å². The average molecular weight is 363 g/mol. The highest BCUT2D eigenvalue weighted by Crippen LogP contribution is 2.38. The fourth-order valence-electron chi connectivity index (χ4n) is 2.84. The molecule has 0 radical (unpaired) electrons. The first kappa shape index (κ1) is 17.4. The zero-order valence-corrected chi connectivity index (χ0v) is 14.6. The van der Waals surface area contributed by atoms with Gasteiger partial charge in [0, 0.05) is 4.88 Å². The number of hydrogen-bond acceptors (Lipinski definition) is 5. The Morgan fingerprint density at radius 2 is 2.00 bits per heavy atom. The highest BCUT2D eigenvalue weighted by Gasteiger charge is 2.27. The van der Waals surface area contributed by atoms with Crippen LogP contribution in [0.25, 0.3) is 0 Å². The molecule has 1 aromatic heterocycles. The third-order valence-electron chi connectivity index (χ3n) is 4.01. The number of nitrogens with one attached hydrogen (secondary N) is 1. The van der Waals surface area contributed by atoms with Crippen molar-refractivity contribution < 1.29 is 23.5 Å². The maximum Gasteiger partial charge on any atom is 0.341 e. The van der Waals surface area contributed by atoms with Gasteiger partial charge in [-0.05, 0) is 43.4 Å². The lowest BCUT2D eigenvalue weighted by Gasteiger charge is -2.12. The first-order valence-electron chi connectivity index (χ1n) is 8.00. The lowest BCUT2D eigenvalue weighted by Crippen LogP contribution is -2.21. The van der Waals surface area contributed by atoms with E-state index in [0.29, 0.717) is 10.6 Å². The highest BCUT2D eigenvalue weighted by molar-refractivity contribution is 7.17. The quantitative estimate of drug-likeness (QED) is 0.825. The number of halogens is 1. The van der Waals surface area contributed by atoms with Crippen molar-refractivity contribution in [3.8, 4) is 5.75 Å². The third kappa shape index (κ3) is 3.82. The summed E-state index contributed by atoms with van der Waals surface area (Å²) in [5.74, 6) is -1.43. The SMILES string of the molecule is COC(=O)c1c(NC(=O)COc2ccccc2F)sc2c1CCCC2. The van der Waals surface area contributed by atoms with Crippen molar-refractivity contribution in [3.63, 3.8) is 0 Å². The van der Waals surface area contributed by atoms with E-state index in [2.05, 4.69) is 5.32 Å². The lowest BCUT2D eigenvalue weighted by atomic mass is 9.95. The van der Waals surface area contributed by atoms with Gasteiger partial charge in [-0.15, -0.1) is 11.3 Å². The molecule has 0 fully saturated rings. The second kappa shape index (κ2) is 7.65. The third-order valence-corrected chi connectivity index (χ3v) is 5.22. The molecule has 1 amide bonds. The van der Waals surface area contributed by atoms with Crippen LogP contribution in [0.15, 0.2) is 24.3 Å². The molecule has 0 aliphatic heterocycles. The number of amides is 1. The largest absolute Gasteiger partial charge is 0.481 e. The molecule has 2 aromatic rings. The van der Waals surface area contributed by atoms with Crippen LogP contribution in [0, 0.1) is 5.82 Å². The van der Waals surface area contributed by atoms with Crippen molar-refractivity contribution in [2.45, 2.75) is 25.7 Å². The summed E-state index contributed by atoms with van der Waals surface area (Å²) in [5, 5.41) is 3.18. The molecule has 1 N–H and O–H groups in total. The number of ether oxygens (including phenoxy) is 2. The summed E-state index contributed by atoms with van der Waals surface area (Å²) in [6.07, 6.45) is 3.78. The van der Waals surface area contributed by atoms with Crippen LogP contribution in [-0.2, 0) is 22.4 Å². The molecule has 1 aliphatic rings. The molecule has 0 bridgehead atoms. The Bertz CT molecular complexity index is 802. The number of aryl methyl sites for hydroxylation is 1. The van der Waals surface area contributed by atoms with E-state index in [9.17, 15) is 14.0 Å². The van der Waals surface area contributed by atoms with Gasteiger partial charge in [0.05, 0.1) is 12.7 Å². The molecular formula is C18H18FNO4S. The van der Waals surface area contributed by atoms with Crippen molar-refractivity contribution in [1.82, 2.24) is 0 Å². The zero-order valence-electron chi connectivity index (χ0n) is 13.8. The molecule has 25 heavy (non-hydrogen) atoms. The van der Waals surface area contributed by atoms with Crippen LogP contribution >= 0.6 is 11.3 Å². The van der Waals surface area contributed by atoms with Gasteiger partial charge >= 0.3 is 5.97 Å². The Labute approximate surface area is 148 Å². The fourth-order valence-corrected chi connectivity index (χ4v) is 4.13. The van der Waals surface area contributed by atoms with Gasteiger partial charge in [0.1, 0.15) is 5.00 Å². The van der Waals surface area contributed by atoms with Crippen LogP contribution in [0.4, 0.5) is 9.39 Å². The van der Waals surface area contributed by atoms with E-state index in [1.165, 1.54) is 30.6 Å². The summed E-state index contributed by atoms with van der Waals surface area (Å²) >= 11 is 1.40. The molecule has 0 unspecified atom stereocenters. The molecule has 3 rings (SSSR count). The second-order valence-electron chi connectivity index (χ2n) is 5.67. The summed E-state index contributed by atoms with van der Waals surface area (Å²) in [6.45, 7) is -0.343. The molecule has 0 saturated heterocycles. The number of para-hydroxylation sites is 1. The molecular weight excluding hydrogens is 345 g/mol. The summed E-state index contributed by atoms with van der Waals surface area (Å²) in [4.78, 5) is 25.4. The lowest BCUT2D eigenvalue weighted by molar-refractivity contribution is -0.118. The number of carbonyl (C=O) groups excluding carboxylic acids is 2. The zero-order chi connectivity index (χ0) is 17.8. The number of benzene rings is 1. The molecule has 1 aliphatic carbocycles. The number of methoxy groups -OCH3 is 1. The highest BCUT2D eigenvalue weighted by atomic mass is 32.1. The predicted octanol–water partition coefficient (Wildman–Crippen LogP) is 3.57. The van der Waals surface area contributed by atoms with Crippen LogP contribution in [0.2, 0.25) is 0 Å². The maximum absolute atomic E-state index is 13.5. The smallest absolute Gasteiger partial charge is 0.341 e. The van der Waals surface area contributed by atoms with Crippen molar-refractivity contribution >= 4 is 28.2 Å². The van der Waals surface area contributed by atoms with Crippen LogP contribution in [0.3, 0.4) is 0 Å². The Hall–Kier alpha value is -2.41. The number of esters is 1. The van der Waals surface area contributed by atoms with Crippen LogP contribution in [-0.4, -0.2) is 25.6 Å². The van der Waals surface area contributed by atoms with Crippen molar-refractivity contribution in [2.24, 2.45) is 0 Å². The standard InChI is InChI=1S/C18H18FNO4S/c1-23-18(22)16-11-6-2-5-9-14(11)25-17(16)20-15(21)10-24-13-8-4-3-7-12(13)19/h3-4,7-8H,2,5-6,9-10H2,1H3,(H,20,21). The summed E-state index contributed by atoms with van der Waals surface area (Å²) in [5.41, 5.74) is 1.40. The number of fused-ring (bicyclic) bond motifs is 1. The first-order chi connectivity index (χ1) is 12.1. The van der Waals surface area contributed by atoms with Gasteiger partial charge in [-0.3, -0.25) is 4.79 Å². The first-order valence-corrected chi connectivity index (χ1v) is 8.82. The van der Waals surface area contributed by atoms with E-state index in [1.54, 1.807) is 12.1 Å². The van der Waals surface area contributed by atoms with E-state index < -0.39 is 17.7 Å². The van der Waals surface area contributed by atoms with Gasteiger partial charge < -0.3 is 14.8 Å². The van der Waals surface area contributed by atoms with Gasteiger partial charge in [-0.25, -0.2) is 9.18 Å². The summed E-state index contributed by atoms with van der Waals surface area (Å²) in [7, 11) is 1.32. The van der Waals surface area contributed by atoms with E-state index >= 15 is 0 Å². The second-order valence-corrected chi connectivity index (χ2v) is 6.78. The minimum Gasteiger partial charge on any atom is -0.481 e. The number of anilines is 1. The maximum atomic E-state index is 13.5. The number of thiophene rings is 1. The van der Waals surface area contributed by atoms with Gasteiger partial charge in [0.15, 0.2) is 18.2 Å². The minimum atomic E-state index is -0.530. The molecule has 1 heterocycles. The molecule has 0 atom stereocenters. The molecule has 7 heteroatoms. The Morgan fingerprint density at radius 3 is 2.76 bits per heavy atom. The van der Waals surface area contributed by atoms with Gasteiger partial charge in [0.25, 0.3) is 5.91 Å². The van der Waals surface area contributed by atoms with Crippen LogP contribution in [0.5, 0.6) is 5.75 Å². The molecule has 1 aromatic carbocycles. The number of rotatable bonds is 5. The van der Waals surface area contributed by atoms with E-state index in [0.717, 1.165) is 36.1 Å². The fraction of sp³-hybridized carbons (Fsp3) is 0.333. The molecule has 0 saturated carbocycles. The Balaban J connectivity index is 1.73. The van der Waals surface area contributed by atoms with E-state index in [4.69, 9.17) is 9.47 Å². The topological polar surface area (TPSA) is 64.6 Å². The van der Waals surface area contributed by atoms with Crippen molar-refractivity contribution in [1.29, 1.82) is 0 Å². The van der Waals surface area contributed by atoms with Gasteiger partial charge in [0.2, 0.25) is 0 Å². The van der Waals surface area contributed by atoms with E-state index in [1.807, 2.05) is 0 Å². The Morgan fingerprint density at radius 1 is 1.24 bits per heavy atom. The monoisotopic (exact) mass is 363 g/mol. The van der Waals surface area contributed by atoms with Gasteiger partial charge in [-0.2, -0.15) is 0 Å². The molecule has 5 nitrogen and oxygen atoms in total. The number of carbonyl (C=O) groups is 2. The van der Waals surface area contributed by atoms with Crippen molar-refractivity contribution in [3.05, 3.63) is 46.1 Å².